The molecule has 0 amide bonds. The van der Waals surface area contributed by atoms with Crippen molar-refractivity contribution in [2.45, 2.75) is 36.5 Å². The predicted octanol–water partition coefficient (Wildman–Crippen LogP) is 7.37. The summed E-state index contributed by atoms with van der Waals surface area (Å²) < 4.78 is 48.9. The minimum atomic E-state index is -6.18. The Labute approximate surface area is 191 Å². The number of hydrogen-bond donors (Lipinski definition) is 0. The summed E-state index contributed by atoms with van der Waals surface area (Å²) in [6.07, 6.45) is 9.20. The normalized spacial score (nSPS) is 21.5. The molecule has 0 bridgehead atoms. The molecule has 6 heteroatoms. The second-order valence-corrected chi connectivity index (χ2v) is 52.3. The molecular weight excluding hydrogens is 514 g/mol. The fourth-order valence-electron chi connectivity index (χ4n) is 6.41. The van der Waals surface area contributed by atoms with E-state index in [-0.39, 0.29) is 17.6 Å². The Kier molecular flexibility index (Phi) is 4.94. The van der Waals surface area contributed by atoms with Gasteiger partial charge in [0, 0.05) is 0 Å². The van der Waals surface area contributed by atoms with E-state index in [2.05, 4.69) is 48.3 Å². The van der Waals surface area contributed by atoms with Crippen LogP contribution in [-0.2, 0) is 15.3 Å². The van der Waals surface area contributed by atoms with E-state index in [1.807, 2.05) is 13.0 Å². The number of halogens is 2. The van der Waals surface area contributed by atoms with Gasteiger partial charge in [-0.2, -0.15) is 0 Å². The average molecular weight is 546 g/mol. The van der Waals surface area contributed by atoms with Crippen molar-refractivity contribution in [1.29, 1.82) is 0 Å². The summed E-state index contributed by atoms with van der Waals surface area (Å²) in [6.45, 7) is 8.25. The Morgan fingerprint density at radius 1 is 0.879 bits per heavy atom. The van der Waals surface area contributed by atoms with Gasteiger partial charge in [-0.25, -0.2) is 0 Å². The van der Waals surface area contributed by atoms with E-state index < -0.39 is 15.3 Å². The van der Waals surface area contributed by atoms with Crippen molar-refractivity contribution in [2.24, 2.45) is 5.92 Å². The molecule has 1 atom stereocenters. The Morgan fingerprint density at radius 3 is 1.73 bits per heavy atom. The van der Waals surface area contributed by atoms with E-state index in [0.29, 0.717) is 17.9 Å². The molecule has 0 heterocycles. The summed E-state index contributed by atoms with van der Waals surface area (Å²) in [6, 6.07) is 12.3. The van der Waals surface area contributed by atoms with Crippen molar-refractivity contribution < 1.29 is 29.7 Å². The van der Waals surface area contributed by atoms with Crippen LogP contribution in [0.15, 0.2) is 90.5 Å². The molecule has 0 saturated heterocycles. The van der Waals surface area contributed by atoms with Gasteiger partial charge in [-0.05, 0) is 0 Å². The maximum absolute atomic E-state index is 13.8. The van der Waals surface area contributed by atoms with Crippen LogP contribution in [0.3, 0.4) is 0 Å². The van der Waals surface area contributed by atoms with Crippen LogP contribution in [0.2, 0.25) is 9.26 Å². The van der Waals surface area contributed by atoms with Crippen molar-refractivity contribution >= 4 is 6.88 Å². The minimum absolute atomic E-state index is 0.0711. The molecule has 2 aliphatic carbocycles. The van der Waals surface area contributed by atoms with Gasteiger partial charge in [0.05, 0.1) is 0 Å². The van der Waals surface area contributed by atoms with E-state index in [4.69, 9.17) is 5.63 Å². The number of benzene rings is 2. The van der Waals surface area contributed by atoms with Crippen LogP contribution < -0.4 is 5.63 Å². The van der Waals surface area contributed by atoms with Crippen molar-refractivity contribution in [3.05, 3.63) is 102 Å². The first kappa shape index (κ1) is 24.1. The zero-order chi connectivity index (χ0) is 24.2. The zero-order valence-corrected chi connectivity index (χ0v) is 23.9. The van der Waals surface area contributed by atoms with E-state index in [1.165, 1.54) is 29.8 Å². The van der Waals surface area contributed by atoms with Crippen molar-refractivity contribution in [3.63, 3.8) is 0 Å². The Morgan fingerprint density at radius 2 is 1.36 bits per heavy atom. The molecule has 2 nitrogen and oxygen atoms in total. The van der Waals surface area contributed by atoms with Gasteiger partial charge in [0.15, 0.2) is 0 Å². The molecule has 1 unspecified atom stereocenters. The number of hydrogen-bond acceptors (Lipinski definition) is 2. The first-order valence-corrected chi connectivity index (χ1v) is 26.7. The molecule has 2 aromatic carbocycles. The summed E-state index contributed by atoms with van der Waals surface area (Å²) in [5.74, 6) is 0.511. The summed E-state index contributed by atoms with van der Waals surface area (Å²) >= 11 is -6.18. The second-order valence-electron chi connectivity index (χ2n) is 11.4. The number of allylic oxidation sites excluding steroid dienone is 8. The fraction of sp³-hybridized carbons (Fsp3) is 0.259. The predicted molar refractivity (Wildman–Crippen MR) is 132 cm³/mol. The van der Waals surface area contributed by atoms with Gasteiger partial charge >= 0.3 is 193 Å². The van der Waals surface area contributed by atoms with Crippen LogP contribution in [0.1, 0.15) is 27.2 Å². The van der Waals surface area contributed by atoms with Crippen LogP contribution in [-0.4, -0.2) is 6.88 Å². The van der Waals surface area contributed by atoms with E-state index in [0.717, 1.165) is 12.1 Å². The monoisotopic (exact) mass is 544 g/mol. The molecule has 0 saturated carbocycles. The van der Waals surface area contributed by atoms with Gasteiger partial charge in [0.1, 0.15) is 0 Å². The Balaban J connectivity index is 2.15. The molecule has 33 heavy (non-hydrogen) atoms. The average Bonchev–Trinajstić information content (AvgIpc) is 3.36. The quantitative estimate of drug-likeness (QED) is 0.353. The molecule has 4 rings (SSSR count). The maximum atomic E-state index is 13.8. The zero-order valence-electron chi connectivity index (χ0n) is 20.0. The summed E-state index contributed by atoms with van der Waals surface area (Å²) in [4.78, 5) is 0. The molecule has 0 radical (unpaired) electrons. The molecule has 0 spiro atoms. The van der Waals surface area contributed by atoms with Gasteiger partial charge in [-0.3, -0.25) is 0 Å². The first-order valence-electron chi connectivity index (χ1n) is 11.4. The van der Waals surface area contributed by atoms with Gasteiger partial charge in [-0.15, -0.1) is 0 Å². The Bertz CT molecular complexity index is 1350. The summed E-state index contributed by atoms with van der Waals surface area (Å²) in [5, 5.41) is 0. The molecule has 0 aromatic heterocycles. The standard InChI is InChI=1S/C8H11.2C6H5FO.C5H5.2CH3.H2Si.Zr/c1-6-4-7(2)8(3)5-6;2*7-5-1-3-6(8)4-2-5;1-2-4-5-3-1;;;;/h4,6H,1-3H3;2*1-4,8H;1-3H,4H2;2*1H3;1H2;/q;;;;;;;+2/p-2. The van der Waals surface area contributed by atoms with E-state index in [1.54, 1.807) is 24.3 Å². The third kappa shape index (κ3) is 3.57. The van der Waals surface area contributed by atoms with Crippen LogP contribution in [0, 0.1) is 17.6 Å². The van der Waals surface area contributed by atoms with Gasteiger partial charge < -0.3 is 0 Å². The molecule has 2 aromatic rings. The third-order valence-electron chi connectivity index (χ3n) is 7.80. The topological polar surface area (TPSA) is 18.5 Å². The van der Waals surface area contributed by atoms with Crippen LogP contribution in [0.5, 0.6) is 11.5 Å². The van der Waals surface area contributed by atoms with Crippen LogP contribution >= 0.6 is 0 Å². The number of rotatable bonds is 6. The molecule has 0 aliphatic heterocycles. The van der Waals surface area contributed by atoms with Gasteiger partial charge in [0.2, 0.25) is 0 Å². The summed E-state index contributed by atoms with van der Waals surface area (Å²) in [7, 11) is 0. The van der Waals surface area contributed by atoms with Crippen molar-refractivity contribution in [2.75, 3.05) is 0 Å². The third-order valence-corrected chi connectivity index (χ3v) is 34.4. The SMILES string of the molecule is CC1=CC(C)[C]([Zr]([CH3])([CH3])(=[SiH2])([O]c2ccc(F)cc2)([O]c2ccc(F)cc2)[C]2=CC=CC2)=C1C. The fourth-order valence-corrected chi connectivity index (χ4v) is 34.1. The molecular formula is C27H32F2O2SiZr. The summed E-state index contributed by atoms with van der Waals surface area (Å²) in [5.41, 5.74) is 2.35. The van der Waals surface area contributed by atoms with Crippen molar-refractivity contribution in [3.8, 4) is 11.5 Å². The molecule has 174 valence electrons. The van der Waals surface area contributed by atoms with Crippen molar-refractivity contribution in [1.82, 2.24) is 0 Å². The van der Waals surface area contributed by atoms with Crippen LogP contribution in [0.25, 0.3) is 0 Å². The van der Waals surface area contributed by atoms with Gasteiger partial charge in [0.25, 0.3) is 0 Å². The van der Waals surface area contributed by atoms with Gasteiger partial charge in [-0.1, -0.05) is 0 Å². The molecule has 0 N–H and O–H groups in total. The molecule has 2 aliphatic rings. The van der Waals surface area contributed by atoms with E-state index in [9.17, 15) is 8.78 Å². The Hall–Kier alpha value is -2.04. The first-order chi connectivity index (χ1) is 15.2. The van der Waals surface area contributed by atoms with E-state index >= 15 is 0 Å². The second kappa shape index (κ2) is 6.76. The van der Waals surface area contributed by atoms with Crippen LogP contribution in [0.4, 0.5) is 8.78 Å². The molecule has 0 fully saturated rings.